The summed E-state index contributed by atoms with van der Waals surface area (Å²) in [5, 5.41) is 0. The summed E-state index contributed by atoms with van der Waals surface area (Å²) in [4.78, 5) is 18.2. The zero-order valence-corrected chi connectivity index (χ0v) is 16.6. The molecular formula is C24H18N2O2S. The summed E-state index contributed by atoms with van der Waals surface area (Å²) in [6.07, 6.45) is 1.90. The first-order valence-corrected chi connectivity index (χ1v) is 10.2. The van der Waals surface area contributed by atoms with Crippen LogP contribution in [0.3, 0.4) is 0 Å². The van der Waals surface area contributed by atoms with Gasteiger partial charge in [-0.2, -0.15) is 0 Å². The molecule has 5 heteroatoms. The molecule has 3 aromatic carbocycles. The van der Waals surface area contributed by atoms with E-state index in [0.29, 0.717) is 16.1 Å². The maximum atomic E-state index is 12.9. The van der Waals surface area contributed by atoms with E-state index < -0.39 is 0 Å². The molecule has 0 spiro atoms. The monoisotopic (exact) mass is 398 g/mol. The van der Waals surface area contributed by atoms with Crippen LogP contribution in [-0.2, 0) is 6.61 Å². The average Bonchev–Trinajstić information content (AvgIpc) is 3.23. The van der Waals surface area contributed by atoms with E-state index in [2.05, 4.69) is 30.1 Å². The van der Waals surface area contributed by atoms with Crippen LogP contribution in [0.2, 0.25) is 0 Å². The van der Waals surface area contributed by atoms with Gasteiger partial charge in [0.2, 0.25) is 0 Å². The van der Waals surface area contributed by atoms with Crippen molar-refractivity contribution in [2.24, 2.45) is 0 Å². The molecule has 29 heavy (non-hydrogen) atoms. The van der Waals surface area contributed by atoms with Gasteiger partial charge in [-0.3, -0.25) is 4.79 Å². The summed E-state index contributed by atoms with van der Waals surface area (Å²) < 4.78 is 8.29. The number of para-hydroxylation sites is 2. The van der Waals surface area contributed by atoms with Crippen LogP contribution in [-0.4, -0.2) is 9.38 Å². The molecule has 142 valence electrons. The lowest BCUT2D eigenvalue weighted by Crippen LogP contribution is -2.22. The molecule has 0 amide bonds. The largest absolute Gasteiger partial charge is 0.489 e. The Kier molecular flexibility index (Phi) is 4.37. The first-order chi connectivity index (χ1) is 14.2. The van der Waals surface area contributed by atoms with Crippen molar-refractivity contribution in [3.8, 4) is 5.75 Å². The molecule has 2 heterocycles. The fourth-order valence-electron chi connectivity index (χ4n) is 3.43. The van der Waals surface area contributed by atoms with Gasteiger partial charge < -0.3 is 4.74 Å². The molecule has 0 bridgehead atoms. The van der Waals surface area contributed by atoms with Crippen LogP contribution in [0.4, 0.5) is 0 Å². The van der Waals surface area contributed by atoms with Gasteiger partial charge in [0.15, 0.2) is 4.96 Å². The van der Waals surface area contributed by atoms with Gasteiger partial charge in [0.1, 0.15) is 12.4 Å². The van der Waals surface area contributed by atoms with Crippen LogP contribution < -0.4 is 14.8 Å². The van der Waals surface area contributed by atoms with Crippen LogP contribution in [0.1, 0.15) is 16.7 Å². The normalized spacial score (nSPS) is 12.1. The van der Waals surface area contributed by atoms with E-state index in [1.807, 2.05) is 60.7 Å². The van der Waals surface area contributed by atoms with Gasteiger partial charge in [0.25, 0.3) is 5.56 Å². The number of thiazole rings is 1. The number of ether oxygens (including phenoxy) is 1. The number of nitrogens with zero attached hydrogens (tertiary/aromatic N) is 2. The van der Waals surface area contributed by atoms with E-state index in [4.69, 9.17) is 4.74 Å². The first-order valence-electron chi connectivity index (χ1n) is 9.37. The Morgan fingerprint density at radius 2 is 1.90 bits per heavy atom. The summed E-state index contributed by atoms with van der Waals surface area (Å²) in [5.41, 5.74) is 4.92. The molecule has 0 aliphatic heterocycles. The fourth-order valence-corrected chi connectivity index (χ4v) is 4.41. The summed E-state index contributed by atoms with van der Waals surface area (Å²) in [7, 11) is 0. The van der Waals surface area contributed by atoms with Crippen molar-refractivity contribution in [2.75, 3.05) is 0 Å². The van der Waals surface area contributed by atoms with Gasteiger partial charge in [0.05, 0.1) is 15.6 Å². The third-order valence-electron chi connectivity index (χ3n) is 4.79. The van der Waals surface area contributed by atoms with Crippen LogP contribution in [0, 0.1) is 6.92 Å². The third-order valence-corrected chi connectivity index (χ3v) is 5.76. The average molecular weight is 398 g/mol. The lowest BCUT2D eigenvalue weighted by molar-refractivity contribution is 0.306. The summed E-state index contributed by atoms with van der Waals surface area (Å²) in [5.74, 6) is 0.777. The number of benzene rings is 3. The molecule has 0 saturated carbocycles. The van der Waals surface area contributed by atoms with Crippen molar-refractivity contribution in [1.82, 2.24) is 9.38 Å². The summed E-state index contributed by atoms with van der Waals surface area (Å²) in [6, 6.07) is 23.8. The molecule has 0 N–H and O–H groups in total. The van der Waals surface area contributed by atoms with Crippen molar-refractivity contribution >= 4 is 33.4 Å². The second kappa shape index (κ2) is 7.18. The number of hydrogen-bond donors (Lipinski definition) is 0. The molecule has 0 aliphatic rings. The van der Waals surface area contributed by atoms with Crippen molar-refractivity contribution < 1.29 is 4.74 Å². The predicted octanol–water partition coefficient (Wildman–Crippen LogP) is 4.34. The minimum absolute atomic E-state index is 0.0372. The Hall–Kier alpha value is -3.44. The number of fused-ring (bicyclic) bond motifs is 3. The van der Waals surface area contributed by atoms with Gasteiger partial charge in [-0.25, -0.2) is 9.38 Å². The molecule has 0 radical (unpaired) electrons. The highest BCUT2D eigenvalue weighted by Gasteiger charge is 2.10. The highest BCUT2D eigenvalue weighted by Crippen LogP contribution is 2.18. The lowest BCUT2D eigenvalue weighted by Gasteiger charge is -2.07. The van der Waals surface area contributed by atoms with E-state index in [9.17, 15) is 4.79 Å². The van der Waals surface area contributed by atoms with Crippen LogP contribution >= 0.6 is 11.3 Å². The highest BCUT2D eigenvalue weighted by atomic mass is 32.1. The number of aryl methyl sites for hydroxylation is 1. The van der Waals surface area contributed by atoms with Gasteiger partial charge in [0, 0.05) is 0 Å². The Labute approximate surface area is 171 Å². The highest BCUT2D eigenvalue weighted by molar-refractivity contribution is 7.15. The van der Waals surface area contributed by atoms with Crippen LogP contribution in [0.15, 0.2) is 77.6 Å². The molecule has 0 aliphatic carbocycles. The Morgan fingerprint density at radius 3 is 2.79 bits per heavy atom. The van der Waals surface area contributed by atoms with Crippen molar-refractivity contribution in [2.45, 2.75) is 13.5 Å². The Balaban J connectivity index is 1.47. The fraction of sp³-hybridized carbons (Fsp3) is 0.0833. The second-order valence-electron chi connectivity index (χ2n) is 6.98. The van der Waals surface area contributed by atoms with E-state index in [1.165, 1.54) is 16.9 Å². The summed E-state index contributed by atoms with van der Waals surface area (Å²) in [6.45, 7) is 2.58. The van der Waals surface area contributed by atoms with Gasteiger partial charge in [-0.05, 0) is 48.4 Å². The van der Waals surface area contributed by atoms with E-state index >= 15 is 0 Å². The maximum Gasteiger partial charge on any atom is 0.274 e. The molecule has 0 saturated heterocycles. The minimum atomic E-state index is -0.0372. The quantitative estimate of drug-likeness (QED) is 0.452. The Morgan fingerprint density at radius 1 is 1.03 bits per heavy atom. The number of hydrogen-bond acceptors (Lipinski definition) is 4. The molecule has 5 rings (SSSR count). The molecule has 0 atom stereocenters. The van der Waals surface area contributed by atoms with Gasteiger partial charge >= 0.3 is 0 Å². The topological polar surface area (TPSA) is 43.6 Å². The smallest absolute Gasteiger partial charge is 0.274 e. The molecule has 0 unspecified atom stereocenters. The molecule has 2 aromatic heterocycles. The molecular weight excluding hydrogens is 380 g/mol. The Bertz CT molecular complexity index is 1450. The van der Waals surface area contributed by atoms with Crippen molar-refractivity contribution in [3.63, 3.8) is 0 Å². The van der Waals surface area contributed by atoms with Crippen LogP contribution in [0.5, 0.6) is 5.75 Å². The van der Waals surface area contributed by atoms with Gasteiger partial charge in [-0.1, -0.05) is 65.4 Å². The van der Waals surface area contributed by atoms with Crippen molar-refractivity contribution in [3.05, 3.63) is 104 Å². The number of aromatic nitrogens is 2. The second-order valence-corrected chi connectivity index (χ2v) is 7.99. The van der Waals surface area contributed by atoms with Crippen molar-refractivity contribution in [1.29, 1.82) is 0 Å². The predicted molar refractivity (Wildman–Crippen MR) is 118 cm³/mol. The summed E-state index contributed by atoms with van der Waals surface area (Å²) >= 11 is 1.41. The minimum Gasteiger partial charge on any atom is -0.489 e. The molecule has 5 aromatic rings. The van der Waals surface area contributed by atoms with E-state index in [-0.39, 0.29) is 5.56 Å². The van der Waals surface area contributed by atoms with E-state index in [0.717, 1.165) is 27.9 Å². The maximum absolute atomic E-state index is 12.9. The first kappa shape index (κ1) is 17.6. The number of rotatable bonds is 4. The van der Waals surface area contributed by atoms with Crippen LogP contribution in [0.25, 0.3) is 22.1 Å². The molecule has 0 fully saturated rings. The standard InChI is InChI=1S/C24H18N2O2S/c1-16-6-4-8-18(12-16)15-28-19-9-5-7-17(13-19)14-22-23(27)26-21-11-3-2-10-20(21)25-24(26)29-22/h2-14H,15H2,1H3. The van der Waals surface area contributed by atoms with E-state index in [1.54, 1.807) is 4.40 Å². The van der Waals surface area contributed by atoms with Gasteiger partial charge in [-0.15, -0.1) is 0 Å². The zero-order valence-electron chi connectivity index (χ0n) is 15.8. The zero-order chi connectivity index (χ0) is 19.8. The molecule has 4 nitrogen and oxygen atoms in total. The third kappa shape index (κ3) is 3.41. The lowest BCUT2D eigenvalue weighted by atomic mass is 10.1. The SMILES string of the molecule is Cc1cccc(COc2cccc(C=c3sc4nc5ccccc5n4c3=O)c2)c1. The number of imidazole rings is 1.